The number of carbonyl (C=O) groups is 1. The van der Waals surface area contributed by atoms with E-state index in [2.05, 4.69) is 10.2 Å². The van der Waals surface area contributed by atoms with Crippen molar-refractivity contribution < 1.29 is 23.1 Å². The Kier molecular flexibility index (Phi) is 6.06. The SMILES string of the molecule is CN(C)CCCNc1ccccc1N(c1ccc2c(c1C(=O)O)OC[C@H]1C[C@@H]21)[SH](=O)=O. The molecular weight excluding hydrogens is 418 g/mol. The number of ether oxygens (including phenoxy) is 1. The largest absolute Gasteiger partial charge is 0.492 e. The van der Waals surface area contributed by atoms with Crippen LogP contribution in [0, 0.1) is 5.92 Å². The topological polar surface area (TPSA) is 99.2 Å². The van der Waals surface area contributed by atoms with E-state index in [1.54, 1.807) is 30.3 Å². The van der Waals surface area contributed by atoms with Crippen LogP contribution in [-0.4, -0.2) is 58.2 Å². The van der Waals surface area contributed by atoms with Crippen molar-refractivity contribution in [2.24, 2.45) is 5.92 Å². The summed E-state index contributed by atoms with van der Waals surface area (Å²) in [5.74, 6) is -0.179. The molecule has 4 rings (SSSR count). The Morgan fingerprint density at radius 2 is 1.97 bits per heavy atom. The lowest BCUT2D eigenvalue weighted by molar-refractivity contribution is 0.0692. The van der Waals surface area contributed by atoms with Gasteiger partial charge in [0.15, 0.2) is 0 Å². The Balaban J connectivity index is 1.74. The van der Waals surface area contributed by atoms with Gasteiger partial charge in [-0.15, -0.1) is 0 Å². The molecule has 0 bridgehead atoms. The van der Waals surface area contributed by atoms with Crippen LogP contribution < -0.4 is 14.4 Å². The molecule has 0 amide bonds. The van der Waals surface area contributed by atoms with Gasteiger partial charge in [-0.3, -0.25) is 0 Å². The van der Waals surface area contributed by atoms with Crippen molar-refractivity contribution in [2.75, 3.05) is 43.4 Å². The molecule has 8 nitrogen and oxygen atoms in total. The molecule has 0 saturated heterocycles. The molecule has 2 aromatic carbocycles. The van der Waals surface area contributed by atoms with E-state index in [0.717, 1.165) is 29.3 Å². The normalized spacial score (nSPS) is 18.8. The van der Waals surface area contributed by atoms with Gasteiger partial charge in [0.05, 0.1) is 23.7 Å². The number of benzene rings is 2. The molecular formula is C22H27N3O5S. The molecule has 9 heteroatoms. The van der Waals surface area contributed by atoms with Crippen molar-refractivity contribution in [1.82, 2.24) is 4.90 Å². The average molecular weight is 446 g/mol. The molecule has 1 fully saturated rings. The minimum atomic E-state index is -3.15. The van der Waals surface area contributed by atoms with Crippen LogP contribution in [0.5, 0.6) is 5.75 Å². The molecule has 1 heterocycles. The minimum Gasteiger partial charge on any atom is -0.492 e. The van der Waals surface area contributed by atoms with Crippen molar-refractivity contribution in [3.63, 3.8) is 0 Å². The van der Waals surface area contributed by atoms with Gasteiger partial charge in [0, 0.05) is 12.5 Å². The molecule has 0 radical (unpaired) electrons. The zero-order valence-corrected chi connectivity index (χ0v) is 18.5. The maximum atomic E-state index is 12.4. The zero-order valence-electron chi connectivity index (χ0n) is 17.6. The predicted molar refractivity (Wildman–Crippen MR) is 120 cm³/mol. The van der Waals surface area contributed by atoms with Crippen LogP contribution in [0.25, 0.3) is 0 Å². The van der Waals surface area contributed by atoms with Crippen LogP contribution in [0.3, 0.4) is 0 Å². The molecule has 2 atom stereocenters. The fraction of sp³-hybridized carbons (Fsp3) is 0.409. The molecule has 31 heavy (non-hydrogen) atoms. The first-order valence-electron chi connectivity index (χ1n) is 10.3. The molecule has 166 valence electrons. The Hall–Kier alpha value is -2.78. The number of para-hydroxylation sites is 2. The summed E-state index contributed by atoms with van der Waals surface area (Å²) in [5.41, 5.74) is 1.84. The third kappa shape index (κ3) is 4.33. The fourth-order valence-electron chi connectivity index (χ4n) is 4.15. The summed E-state index contributed by atoms with van der Waals surface area (Å²) in [5, 5.41) is 13.3. The van der Waals surface area contributed by atoms with E-state index in [4.69, 9.17) is 4.74 Å². The number of rotatable bonds is 9. The fourth-order valence-corrected chi connectivity index (χ4v) is 4.85. The summed E-state index contributed by atoms with van der Waals surface area (Å²) in [6, 6.07) is 10.4. The van der Waals surface area contributed by atoms with Crippen LogP contribution in [0.15, 0.2) is 36.4 Å². The summed E-state index contributed by atoms with van der Waals surface area (Å²) >= 11 is 0. The summed E-state index contributed by atoms with van der Waals surface area (Å²) in [7, 11) is 0.836. The van der Waals surface area contributed by atoms with Gasteiger partial charge in [0.25, 0.3) is 0 Å². The number of fused-ring (bicyclic) bond motifs is 3. The van der Waals surface area contributed by atoms with Gasteiger partial charge < -0.3 is 20.1 Å². The summed E-state index contributed by atoms with van der Waals surface area (Å²) in [6.07, 6.45) is 1.85. The number of carboxylic acids is 1. The number of aromatic carboxylic acids is 1. The molecule has 1 saturated carbocycles. The number of thiol groups is 1. The van der Waals surface area contributed by atoms with E-state index in [9.17, 15) is 18.3 Å². The Labute approximate surface area is 183 Å². The maximum Gasteiger partial charge on any atom is 0.341 e. The van der Waals surface area contributed by atoms with Gasteiger partial charge >= 0.3 is 5.97 Å². The summed E-state index contributed by atoms with van der Waals surface area (Å²) in [6.45, 7) is 2.01. The van der Waals surface area contributed by atoms with Gasteiger partial charge in [-0.1, -0.05) is 18.2 Å². The molecule has 0 spiro atoms. The number of nitrogens with one attached hydrogen (secondary N) is 1. The van der Waals surface area contributed by atoms with Crippen molar-refractivity contribution in [3.05, 3.63) is 47.5 Å². The highest BCUT2D eigenvalue weighted by Gasteiger charge is 2.45. The lowest BCUT2D eigenvalue weighted by Gasteiger charge is -2.26. The van der Waals surface area contributed by atoms with E-state index in [-0.39, 0.29) is 11.3 Å². The lowest BCUT2D eigenvalue weighted by Crippen LogP contribution is -2.22. The minimum absolute atomic E-state index is 0.0870. The van der Waals surface area contributed by atoms with Crippen molar-refractivity contribution in [2.45, 2.75) is 18.8 Å². The molecule has 2 aliphatic rings. The van der Waals surface area contributed by atoms with Crippen molar-refractivity contribution in [1.29, 1.82) is 0 Å². The Morgan fingerprint density at radius 1 is 1.19 bits per heavy atom. The van der Waals surface area contributed by atoms with Gasteiger partial charge in [-0.05, 0) is 63.2 Å². The summed E-state index contributed by atoms with van der Waals surface area (Å²) in [4.78, 5) is 14.3. The third-order valence-electron chi connectivity index (χ3n) is 5.77. The molecule has 2 aromatic rings. The number of hydrogen-bond acceptors (Lipinski definition) is 6. The van der Waals surface area contributed by atoms with E-state index >= 15 is 0 Å². The van der Waals surface area contributed by atoms with Gasteiger partial charge in [-0.2, -0.15) is 0 Å². The second-order valence-corrected chi connectivity index (χ2v) is 9.12. The summed E-state index contributed by atoms with van der Waals surface area (Å²) < 4.78 is 31.6. The standard InChI is InChI=1S/C22H27N3O5S/c1-24(2)11-5-10-23-17-6-3-4-7-18(17)25(31(28)29)19-9-8-15-16-12-14(16)13-30-21(15)20(19)22(26)27/h3-4,6-9,14,16,23,31H,5,10-13H2,1-2H3,(H,26,27)/t14-,16-/m1/s1. The first kappa shape index (κ1) is 21.5. The highest BCUT2D eigenvalue weighted by atomic mass is 32.2. The number of anilines is 3. The second kappa shape index (κ2) is 8.76. The number of nitrogens with zero attached hydrogens (tertiary/aromatic N) is 2. The maximum absolute atomic E-state index is 12.4. The van der Waals surface area contributed by atoms with Gasteiger partial charge in [0.2, 0.25) is 10.9 Å². The number of hydrogen-bond donors (Lipinski definition) is 3. The van der Waals surface area contributed by atoms with Gasteiger partial charge in [0.1, 0.15) is 11.3 Å². The van der Waals surface area contributed by atoms with Crippen molar-refractivity contribution in [3.8, 4) is 5.75 Å². The van der Waals surface area contributed by atoms with Crippen molar-refractivity contribution >= 4 is 33.9 Å². The smallest absolute Gasteiger partial charge is 0.341 e. The van der Waals surface area contributed by atoms with E-state index < -0.39 is 16.9 Å². The monoisotopic (exact) mass is 445 g/mol. The molecule has 0 unspecified atom stereocenters. The average Bonchev–Trinajstić information content (AvgIpc) is 3.51. The Bertz CT molecular complexity index is 1060. The quantitative estimate of drug-likeness (QED) is 0.403. The van der Waals surface area contributed by atoms with Crippen LogP contribution in [0.4, 0.5) is 17.1 Å². The Morgan fingerprint density at radius 3 is 2.68 bits per heavy atom. The zero-order chi connectivity index (χ0) is 22.1. The highest BCUT2D eigenvalue weighted by Crippen LogP contribution is 2.56. The highest BCUT2D eigenvalue weighted by molar-refractivity contribution is 7.74. The number of carboxylic acid groups (broad SMARTS) is 1. The van der Waals surface area contributed by atoms with Crippen LogP contribution in [0.2, 0.25) is 0 Å². The van der Waals surface area contributed by atoms with Crippen LogP contribution in [-0.2, 0) is 10.9 Å². The first-order chi connectivity index (χ1) is 14.9. The third-order valence-corrected chi connectivity index (χ3v) is 6.52. The van der Waals surface area contributed by atoms with E-state index in [0.29, 0.717) is 42.1 Å². The molecule has 1 aliphatic heterocycles. The van der Waals surface area contributed by atoms with E-state index in [1.807, 2.05) is 20.2 Å². The molecule has 0 aromatic heterocycles. The lowest BCUT2D eigenvalue weighted by atomic mass is 10.00. The van der Waals surface area contributed by atoms with Crippen LogP contribution >= 0.6 is 0 Å². The van der Waals surface area contributed by atoms with E-state index in [1.165, 1.54) is 0 Å². The molecule has 2 N–H and O–H groups in total. The van der Waals surface area contributed by atoms with Gasteiger partial charge in [-0.25, -0.2) is 17.5 Å². The molecule has 1 aliphatic carbocycles. The van der Waals surface area contributed by atoms with Crippen LogP contribution in [0.1, 0.15) is 34.7 Å². The second-order valence-electron chi connectivity index (χ2n) is 8.25. The predicted octanol–water partition coefficient (Wildman–Crippen LogP) is 2.91. The first-order valence-corrected chi connectivity index (χ1v) is 11.5.